The van der Waals surface area contributed by atoms with Crippen LogP contribution in [-0.4, -0.2) is 38.9 Å². The summed E-state index contributed by atoms with van der Waals surface area (Å²) in [4.78, 5) is 0.384. The summed E-state index contributed by atoms with van der Waals surface area (Å²) < 4.78 is 26.7. The van der Waals surface area contributed by atoms with Gasteiger partial charge in [0.05, 0.1) is 4.90 Å². The number of hydrogen-bond acceptors (Lipinski definition) is 3. The maximum atomic E-state index is 12.6. The first-order valence-corrected chi connectivity index (χ1v) is 8.65. The van der Waals surface area contributed by atoms with Crippen molar-refractivity contribution >= 4 is 10.0 Å². The Morgan fingerprint density at radius 1 is 1.25 bits per heavy atom. The average molecular weight is 296 g/mol. The molecule has 0 amide bonds. The highest BCUT2D eigenvalue weighted by atomic mass is 32.2. The Kier molecular flexibility index (Phi) is 4.83. The van der Waals surface area contributed by atoms with E-state index in [2.05, 4.69) is 19.2 Å². The van der Waals surface area contributed by atoms with Gasteiger partial charge in [-0.3, -0.25) is 0 Å². The molecule has 0 aliphatic carbocycles. The Labute approximate surface area is 122 Å². The summed E-state index contributed by atoms with van der Waals surface area (Å²) in [6, 6.07) is 7.31. The van der Waals surface area contributed by atoms with Crippen molar-refractivity contribution in [2.45, 2.75) is 43.5 Å². The highest BCUT2D eigenvalue weighted by Crippen LogP contribution is 2.22. The number of hydrogen-bond donors (Lipinski definition) is 1. The first kappa shape index (κ1) is 15.5. The van der Waals surface area contributed by atoms with Crippen LogP contribution in [0.5, 0.6) is 0 Å². The lowest BCUT2D eigenvalue weighted by Gasteiger charge is -2.31. The van der Waals surface area contributed by atoms with Crippen LogP contribution in [0.4, 0.5) is 0 Å². The van der Waals surface area contributed by atoms with Crippen LogP contribution in [0, 0.1) is 0 Å². The number of rotatable bonds is 4. The molecule has 20 heavy (non-hydrogen) atoms. The lowest BCUT2D eigenvalue weighted by atomic mass is 10.0. The zero-order valence-electron chi connectivity index (χ0n) is 12.5. The molecule has 1 aliphatic heterocycles. The molecule has 0 spiro atoms. The molecule has 1 aromatic carbocycles. The fraction of sp³-hybridized carbons (Fsp3) is 0.600. The Morgan fingerprint density at radius 2 is 1.90 bits per heavy atom. The molecule has 112 valence electrons. The highest BCUT2D eigenvalue weighted by Gasteiger charge is 2.28. The SMILES string of the molecule is CC(C)c1ccc(S(=O)(=O)N(C)C2CCCNC2)cc1. The molecule has 4 nitrogen and oxygen atoms in total. The molecule has 0 radical (unpaired) electrons. The standard InChI is InChI=1S/C15H24N2O2S/c1-12(2)13-6-8-15(9-7-13)20(18,19)17(3)14-5-4-10-16-11-14/h6-9,12,14,16H,4-5,10-11H2,1-3H3. The molecule has 1 unspecified atom stereocenters. The minimum Gasteiger partial charge on any atom is -0.315 e. The van der Waals surface area contributed by atoms with Crippen LogP contribution in [0.3, 0.4) is 0 Å². The van der Waals surface area contributed by atoms with Gasteiger partial charge in [0, 0.05) is 19.6 Å². The predicted molar refractivity (Wildman–Crippen MR) is 81.4 cm³/mol. The maximum Gasteiger partial charge on any atom is 0.243 e. The molecular formula is C15H24N2O2S. The van der Waals surface area contributed by atoms with E-state index < -0.39 is 10.0 Å². The summed E-state index contributed by atoms with van der Waals surface area (Å²) in [6.07, 6.45) is 1.95. The van der Waals surface area contributed by atoms with Gasteiger partial charge < -0.3 is 5.32 Å². The normalized spacial score (nSPS) is 20.6. The van der Waals surface area contributed by atoms with Crippen LogP contribution >= 0.6 is 0 Å². The van der Waals surface area contributed by atoms with E-state index in [1.165, 1.54) is 4.31 Å². The Bertz CT molecular complexity index is 531. The highest BCUT2D eigenvalue weighted by molar-refractivity contribution is 7.89. The van der Waals surface area contributed by atoms with Crippen LogP contribution in [0.1, 0.15) is 38.2 Å². The summed E-state index contributed by atoms with van der Waals surface area (Å²) in [5.41, 5.74) is 1.16. The molecule has 0 aromatic heterocycles. The molecule has 1 saturated heterocycles. The van der Waals surface area contributed by atoms with Crippen molar-refractivity contribution in [3.63, 3.8) is 0 Å². The Morgan fingerprint density at radius 3 is 2.40 bits per heavy atom. The van der Waals surface area contributed by atoms with Crippen molar-refractivity contribution in [2.24, 2.45) is 0 Å². The largest absolute Gasteiger partial charge is 0.315 e. The van der Waals surface area contributed by atoms with Crippen molar-refractivity contribution in [2.75, 3.05) is 20.1 Å². The van der Waals surface area contributed by atoms with Crippen molar-refractivity contribution in [1.82, 2.24) is 9.62 Å². The van der Waals surface area contributed by atoms with Gasteiger partial charge in [-0.15, -0.1) is 0 Å². The first-order chi connectivity index (χ1) is 9.43. The minimum absolute atomic E-state index is 0.0542. The third-order valence-electron chi connectivity index (χ3n) is 4.01. The van der Waals surface area contributed by atoms with Gasteiger partial charge >= 0.3 is 0 Å². The Hall–Kier alpha value is -0.910. The smallest absolute Gasteiger partial charge is 0.243 e. The van der Waals surface area contributed by atoms with Gasteiger partial charge in [-0.25, -0.2) is 8.42 Å². The number of likely N-dealkylation sites (N-methyl/N-ethyl adjacent to an activating group) is 1. The second kappa shape index (κ2) is 6.24. The number of piperidine rings is 1. The van der Waals surface area contributed by atoms with Gasteiger partial charge in [-0.05, 0) is 43.0 Å². The van der Waals surface area contributed by atoms with Crippen LogP contribution in [-0.2, 0) is 10.0 Å². The van der Waals surface area contributed by atoms with Crippen LogP contribution < -0.4 is 5.32 Å². The van der Waals surface area contributed by atoms with Gasteiger partial charge in [0.1, 0.15) is 0 Å². The molecule has 1 aliphatic rings. The number of nitrogens with one attached hydrogen (secondary N) is 1. The molecule has 1 aromatic rings. The van der Waals surface area contributed by atoms with Gasteiger partial charge in [-0.1, -0.05) is 26.0 Å². The van der Waals surface area contributed by atoms with E-state index >= 15 is 0 Å². The molecule has 5 heteroatoms. The minimum atomic E-state index is -3.39. The monoisotopic (exact) mass is 296 g/mol. The topological polar surface area (TPSA) is 49.4 Å². The molecule has 1 N–H and O–H groups in total. The third-order valence-corrected chi connectivity index (χ3v) is 5.93. The van der Waals surface area contributed by atoms with Crippen molar-refractivity contribution < 1.29 is 8.42 Å². The number of benzene rings is 1. The molecule has 1 heterocycles. The lowest BCUT2D eigenvalue weighted by Crippen LogP contribution is -2.46. The van der Waals surface area contributed by atoms with Gasteiger partial charge in [0.15, 0.2) is 0 Å². The van der Waals surface area contributed by atoms with E-state index in [0.29, 0.717) is 10.8 Å². The summed E-state index contributed by atoms with van der Waals surface area (Å²) >= 11 is 0. The molecule has 1 atom stereocenters. The molecule has 0 saturated carbocycles. The van der Waals surface area contributed by atoms with Gasteiger partial charge in [0.25, 0.3) is 0 Å². The second-order valence-electron chi connectivity index (χ2n) is 5.75. The van der Waals surface area contributed by atoms with E-state index in [9.17, 15) is 8.42 Å². The summed E-state index contributed by atoms with van der Waals surface area (Å²) in [7, 11) is -1.70. The van der Waals surface area contributed by atoms with Crippen LogP contribution in [0.15, 0.2) is 29.2 Å². The lowest BCUT2D eigenvalue weighted by molar-refractivity contribution is 0.300. The summed E-state index contributed by atoms with van der Waals surface area (Å²) in [6.45, 7) is 5.92. The predicted octanol–water partition coefficient (Wildman–Crippen LogP) is 2.18. The summed E-state index contributed by atoms with van der Waals surface area (Å²) in [5, 5.41) is 3.26. The number of nitrogens with zero attached hydrogens (tertiary/aromatic N) is 1. The maximum absolute atomic E-state index is 12.6. The van der Waals surface area contributed by atoms with Gasteiger partial charge in [0.2, 0.25) is 10.0 Å². The zero-order chi connectivity index (χ0) is 14.8. The van der Waals surface area contributed by atoms with Crippen LogP contribution in [0.2, 0.25) is 0 Å². The quantitative estimate of drug-likeness (QED) is 0.926. The van der Waals surface area contributed by atoms with Crippen molar-refractivity contribution in [3.8, 4) is 0 Å². The average Bonchev–Trinajstić information content (AvgIpc) is 2.47. The molecule has 0 bridgehead atoms. The molecular weight excluding hydrogens is 272 g/mol. The fourth-order valence-electron chi connectivity index (χ4n) is 2.53. The summed E-state index contributed by atoms with van der Waals surface area (Å²) in [5.74, 6) is 0.409. The van der Waals surface area contributed by atoms with E-state index in [-0.39, 0.29) is 6.04 Å². The fourth-order valence-corrected chi connectivity index (χ4v) is 3.92. The van der Waals surface area contributed by atoms with Crippen LogP contribution in [0.25, 0.3) is 0 Å². The molecule has 2 rings (SSSR count). The van der Waals surface area contributed by atoms with Crippen molar-refractivity contribution in [3.05, 3.63) is 29.8 Å². The molecule has 1 fully saturated rings. The Balaban J connectivity index is 2.20. The first-order valence-electron chi connectivity index (χ1n) is 7.21. The van der Waals surface area contributed by atoms with Gasteiger partial charge in [-0.2, -0.15) is 4.31 Å². The third kappa shape index (κ3) is 3.22. The van der Waals surface area contributed by atoms with Crippen molar-refractivity contribution in [1.29, 1.82) is 0 Å². The van der Waals surface area contributed by atoms with E-state index in [1.54, 1.807) is 19.2 Å². The number of sulfonamides is 1. The zero-order valence-corrected chi connectivity index (χ0v) is 13.3. The van der Waals surface area contributed by atoms with E-state index in [4.69, 9.17) is 0 Å². The van der Waals surface area contributed by atoms with E-state index in [1.807, 2.05) is 12.1 Å². The van der Waals surface area contributed by atoms with E-state index in [0.717, 1.165) is 31.5 Å². The second-order valence-corrected chi connectivity index (χ2v) is 7.74.